The van der Waals surface area contributed by atoms with Crippen molar-refractivity contribution in [2.75, 3.05) is 6.67 Å². The van der Waals surface area contributed by atoms with E-state index in [-0.39, 0.29) is 0 Å². The van der Waals surface area contributed by atoms with Crippen molar-refractivity contribution in [1.82, 2.24) is 5.06 Å². The Morgan fingerprint density at radius 1 is 1.29 bits per heavy atom. The van der Waals surface area contributed by atoms with E-state index >= 15 is 0 Å². The SMILES string of the molecule is C1=CN(OCc2ccccc2)CN=C1. The van der Waals surface area contributed by atoms with Gasteiger partial charge in [-0.05, 0) is 11.6 Å². The second kappa shape index (κ2) is 4.58. The summed E-state index contributed by atoms with van der Waals surface area (Å²) in [6.07, 6.45) is 5.49. The Morgan fingerprint density at radius 3 is 2.86 bits per heavy atom. The lowest BCUT2D eigenvalue weighted by Crippen LogP contribution is -2.19. The molecule has 0 radical (unpaired) electrons. The summed E-state index contributed by atoms with van der Waals surface area (Å²) in [7, 11) is 0. The molecule has 3 heteroatoms. The highest BCUT2D eigenvalue weighted by Gasteiger charge is 2.00. The van der Waals surface area contributed by atoms with Gasteiger partial charge >= 0.3 is 0 Å². The van der Waals surface area contributed by atoms with Gasteiger partial charge < -0.3 is 0 Å². The zero-order valence-corrected chi connectivity index (χ0v) is 7.84. The van der Waals surface area contributed by atoms with E-state index < -0.39 is 0 Å². The third kappa shape index (κ3) is 2.44. The van der Waals surface area contributed by atoms with Gasteiger partial charge in [-0.3, -0.25) is 9.83 Å². The van der Waals surface area contributed by atoms with Crippen molar-refractivity contribution >= 4 is 6.21 Å². The van der Waals surface area contributed by atoms with Crippen LogP contribution in [0.1, 0.15) is 5.56 Å². The Morgan fingerprint density at radius 2 is 2.14 bits per heavy atom. The van der Waals surface area contributed by atoms with Crippen molar-refractivity contribution in [3.63, 3.8) is 0 Å². The lowest BCUT2D eigenvalue weighted by atomic mass is 10.2. The van der Waals surface area contributed by atoms with Crippen LogP contribution >= 0.6 is 0 Å². The summed E-state index contributed by atoms with van der Waals surface area (Å²) in [5.41, 5.74) is 1.16. The summed E-state index contributed by atoms with van der Waals surface area (Å²) >= 11 is 0. The molecule has 2 rings (SSSR count). The van der Waals surface area contributed by atoms with Gasteiger partial charge in [0.15, 0.2) is 0 Å². The van der Waals surface area contributed by atoms with Crippen molar-refractivity contribution in [2.45, 2.75) is 6.61 Å². The first-order chi connectivity index (χ1) is 6.95. The average Bonchev–Trinajstić information content (AvgIpc) is 2.29. The van der Waals surface area contributed by atoms with Gasteiger partial charge in [0.05, 0.1) is 6.61 Å². The normalized spacial score (nSPS) is 14.7. The number of rotatable bonds is 3. The quantitative estimate of drug-likeness (QED) is 0.724. The molecule has 1 heterocycles. The van der Waals surface area contributed by atoms with Crippen LogP contribution < -0.4 is 0 Å². The molecule has 1 aromatic carbocycles. The average molecular weight is 188 g/mol. The first-order valence-corrected chi connectivity index (χ1v) is 4.55. The lowest BCUT2D eigenvalue weighted by Gasteiger charge is -2.18. The Bertz CT molecular complexity index is 332. The van der Waals surface area contributed by atoms with Crippen molar-refractivity contribution in [3.8, 4) is 0 Å². The molecule has 0 N–H and O–H groups in total. The topological polar surface area (TPSA) is 24.8 Å². The number of hydrogen-bond donors (Lipinski definition) is 0. The molecular formula is C11H12N2O. The number of nitrogens with zero attached hydrogens (tertiary/aromatic N) is 2. The molecule has 0 saturated carbocycles. The van der Waals surface area contributed by atoms with Gasteiger partial charge in [0.1, 0.15) is 6.67 Å². The smallest absolute Gasteiger partial charge is 0.135 e. The van der Waals surface area contributed by atoms with Crippen molar-refractivity contribution in [1.29, 1.82) is 0 Å². The van der Waals surface area contributed by atoms with Crippen LogP contribution in [0, 0.1) is 0 Å². The molecule has 0 atom stereocenters. The van der Waals surface area contributed by atoms with Crippen LogP contribution in [-0.4, -0.2) is 17.9 Å². The van der Waals surface area contributed by atoms with E-state index in [4.69, 9.17) is 4.84 Å². The number of hydrogen-bond acceptors (Lipinski definition) is 3. The summed E-state index contributed by atoms with van der Waals surface area (Å²) < 4.78 is 0. The van der Waals surface area contributed by atoms with Crippen LogP contribution in [0.25, 0.3) is 0 Å². The first kappa shape index (κ1) is 8.97. The molecule has 1 aliphatic heterocycles. The minimum atomic E-state index is 0.573. The summed E-state index contributed by atoms with van der Waals surface area (Å²) in [4.78, 5) is 9.56. The fourth-order valence-corrected chi connectivity index (χ4v) is 1.19. The molecule has 0 unspecified atom stereocenters. The van der Waals surface area contributed by atoms with Crippen LogP contribution in [0.15, 0.2) is 47.6 Å². The second-order valence-electron chi connectivity index (χ2n) is 2.99. The predicted molar refractivity (Wildman–Crippen MR) is 55.6 cm³/mol. The number of aliphatic imine (C=N–C) groups is 1. The predicted octanol–water partition coefficient (Wildman–Crippen LogP) is 1.98. The Balaban J connectivity index is 1.83. The highest BCUT2D eigenvalue weighted by molar-refractivity contribution is 5.71. The molecule has 1 aromatic rings. The maximum atomic E-state index is 5.50. The van der Waals surface area contributed by atoms with E-state index in [1.165, 1.54) is 0 Å². The van der Waals surface area contributed by atoms with Crippen LogP contribution in [0.3, 0.4) is 0 Å². The summed E-state index contributed by atoms with van der Waals surface area (Å²) in [5.74, 6) is 0. The molecule has 0 saturated heterocycles. The molecule has 0 spiro atoms. The van der Waals surface area contributed by atoms with Crippen LogP contribution in [0.2, 0.25) is 0 Å². The fourth-order valence-electron chi connectivity index (χ4n) is 1.19. The molecule has 1 aliphatic rings. The second-order valence-corrected chi connectivity index (χ2v) is 2.99. The monoisotopic (exact) mass is 188 g/mol. The van der Waals surface area contributed by atoms with Crippen LogP contribution in [-0.2, 0) is 11.4 Å². The Labute approximate surface area is 83.3 Å². The lowest BCUT2D eigenvalue weighted by molar-refractivity contribution is -0.130. The van der Waals surface area contributed by atoms with E-state index in [1.807, 2.05) is 42.6 Å². The van der Waals surface area contributed by atoms with Gasteiger partial charge in [-0.25, -0.2) is 5.06 Å². The molecule has 0 aliphatic carbocycles. The van der Waals surface area contributed by atoms with E-state index in [0.29, 0.717) is 13.3 Å². The zero-order chi connectivity index (χ0) is 9.64. The van der Waals surface area contributed by atoms with Gasteiger partial charge in [0.2, 0.25) is 0 Å². The maximum Gasteiger partial charge on any atom is 0.135 e. The van der Waals surface area contributed by atoms with Crippen molar-refractivity contribution in [3.05, 3.63) is 48.2 Å². The fraction of sp³-hybridized carbons (Fsp3) is 0.182. The summed E-state index contributed by atoms with van der Waals surface area (Å²) in [6.45, 7) is 1.16. The van der Waals surface area contributed by atoms with Crippen LogP contribution in [0.4, 0.5) is 0 Å². The van der Waals surface area contributed by atoms with Crippen molar-refractivity contribution < 1.29 is 4.84 Å². The molecule has 3 nitrogen and oxygen atoms in total. The standard InChI is InChI=1S/C11H12N2O/c1-2-5-11(6-3-1)9-14-13-8-4-7-12-10-13/h1-8H,9-10H2. The third-order valence-corrected chi connectivity index (χ3v) is 1.90. The molecule has 0 aromatic heterocycles. The largest absolute Gasteiger partial charge is 0.269 e. The highest BCUT2D eigenvalue weighted by Crippen LogP contribution is 2.04. The van der Waals surface area contributed by atoms with E-state index in [9.17, 15) is 0 Å². The van der Waals surface area contributed by atoms with Gasteiger partial charge in [-0.1, -0.05) is 30.3 Å². The Kier molecular flexibility index (Phi) is 2.93. The van der Waals surface area contributed by atoms with Gasteiger partial charge in [-0.15, -0.1) is 0 Å². The van der Waals surface area contributed by atoms with Gasteiger partial charge in [0.25, 0.3) is 0 Å². The van der Waals surface area contributed by atoms with Gasteiger partial charge in [0, 0.05) is 12.4 Å². The number of benzene rings is 1. The van der Waals surface area contributed by atoms with E-state index in [1.54, 1.807) is 11.3 Å². The molecule has 14 heavy (non-hydrogen) atoms. The zero-order valence-electron chi connectivity index (χ0n) is 7.84. The minimum Gasteiger partial charge on any atom is -0.269 e. The van der Waals surface area contributed by atoms with Gasteiger partial charge in [-0.2, -0.15) is 0 Å². The molecule has 0 fully saturated rings. The molecule has 0 bridgehead atoms. The minimum absolute atomic E-state index is 0.573. The maximum absolute atomic E-state index is 5.50. The number of hydroxylamine groups is 2. The molecular weight excluding hydrogens is 176 g/mol. The summed E-state index contributed by atoms with van der Waals surface area (Å²) in [5, 5.41) is 1.72. The molecule has 0 amide bonds. The summed E-state index contributed by atoms with van der Waals surface area (Å²) in [6, 6.07) is 10.1. The van der Waals surface area contributed by atoms with Crippen molar-refractivity contribution in [2.24, 2.45) is 4.99 Å². The Hall–Kier alpha value is -1.61. The number of allylic oxidation sites excluding steroid dienone is 1. The van der Waals surface area contributed by atoms with Crippen LogP contribution in [0.5, 0.6) is 0 Å². The van der Waals surface area contributed by atoms with E-state index in [0.717, 1.165) is 5.56 Å². The van der Waals surface area contributed by atoms with E-state index in [2.05, 4.69) is 4.99 Å². The third-order valence-electron chi connectivity index (χ3n) is 1.90. The highest BCUT2D eigenvalue weighted by atomic mass is 16.7. The molecule has 72 valence electrons. The first-order valence-electron chi connectivity index (χ1n) is 4.55.